The number of carbonyl (C=O) groups excluding carboxylic acids is 3. The number of rotatable bonds is 9. The van der Waals surface area contributed by atoms with Gasteiger partial charge in [0.15, 0.2) is 11.6 Å². The van der Waals surface area contributed by atoms with Gasteiger partial charge in [-0.2, -0.15) is 0 Å². The highest BCUT2D eigenvalue weighted by molar-refractivity contribution is 7.98. The van der Waals surface area contributed by atoms with Gasteiger partial charge in [-0.1, -0.05) is 74.5 Å². The van der Waals surface area contributed by atoms with Crippen LogP contribution < -0.4 is 5.73 Å². The van der Waals surface area contributed by atoms with Gasteiger partial charge >= 0.3 is 6.09 Å². The SMILES string of the molecule is CC(C)SN(CC(=O)c1c(C(=O)c2ccccc2)ccc(F)c1N)C(=O)OCc1ccccc1. The van der Waals surface area contributed by atoms with E-state index in [-0.39, 0.29) is 23.0 Å². The number of ether oxygens (including phenoxy) is 1. The molecule has 34 heavy (non-hydrogen) atoms. The van der Waals surface area contributed by atoms with Gasteiger partial charge in [-0.15, -0.1) is 0 Å². The van der Waals surface area contributed by atoms with Crippen molar-refractivity contribution in [3.05, 3.63) is 101 Å². The standard InChI is InChI=1S/C26H25FN2O4S/c1-17(2)34-29(26(32)33-16-18-9-5-3-6-10-18)15-22(30)23-20(13-14-21(27)24(23)28)25(31)19-11-7-4-8-12-19/h3-14,17H,15-16,28H2,1-2H3. The number of anilines is 1. The number of carbonyl (C=O) groups is 3. The van der Waals surface area contributed by atoms with Crippen LogP contribution in [0.3, 0.4) is 0 Å². The van der Waals surface area contributed by atoms with Gasteiger partial charge in [0, 0.05) is 16.4 Å². The molecule has 176 valence electrons. The number of nitrogens with zero attached hydrogens (tertiary/aromatic N) is 1. The molecule has 1 amide bonds. The van der Waals surface area contributed by atoms with E-state index in [2.05, 4.69) is 0 Å². The molecule has 2 N–H and O–H groups in total. The molecule has 0 aliphatic carbocycles. The number of hydrogen-bond acceptors (Lipinski definition) is 6. The summed E-state index contributed by atoms with van der Waals surface area (Å²) in [6.07, 6.45) is -0.721. The highest BCUT2D eigenvalue weighted by Gasteiger charge is 2.28. The van der Waals surface area contributed by atoms with E-state index in [1.165, 1.54) is 6.07 Å². The van der Waals surface area contributed by atoms with Crippen LogP contribution in [0.15, 0.2) is 72.8 Å². The summed E-state index contributed by atoms with van der Waals surface area (Å²) in [5.41, 5.74) is 6.32. The van der Waals surface area contributed by atoms with Crippen LogP contribution in [0.2, 0.25) is 0 Å². The third-order valence-electron chi connectivity index (χ3n) is 4.79. The molecule has 0 aromatic heterocycles. The van der Waals surface area contributed by atoms with Crippen LogP contribution in [0, 0.1) is 5.82 Å². The Morgan fingerprint density at radius 2 is 1.59 bits per heavy atom. The molecule has 3 aromatic carbocycles. The smallest absolute Gasteiger partial charge is 0.420 e. The normalized spacial score (nSPS) is 10.7. The van der Waals surface area contributed by atoms with Crippen molar-refractivity contribution in [1.29, 1.82) is 0 Å². The van der Waals surface area contributed by atoms with Crippen LogP contribution in [-0.2, 0) is 11.3 Å². The predicted molar refractivity (Wildman–Crippen MR) is 131 cm³/mol. The number of nitrogen functional groups attached to an aromatic ring is 1. The zero-order chi connectivity index (χ0) is 24.7. The Balaban J connectivity index is 1.86. The minimum atomic E-state index is -0.817. The van der Waals surface area contributed by atoms with Crippen molar-refractivity contribution in [1.82, 2.24) is 4.31 Å². The predicted octanol–water partition coefficient (Wildman–Crippen LogP) is 5.52. The molecule has 0 fully saturated rings. The molecule has 0 aliphatic heterocycles. The van der Waals surface area contributed by atoms with Crippen molar-refractivity contribution >= 4 is 35.3 Å². The Kier molecular flexibility index (Phi) is 8.43. The summed E-state index contributed by atoms with van der Waals surface area (Å²) in [5, 5.41) is -0.0487. The fourth-order valence-electron chi connectivity index (χ4n) is 3.23. The second kappa shape index (κ2) is 11.5. The van der Waals surface area contributed by atoms with Crippen LogP contribution in [0.1, 0.15) is 45.7 Å². The van der Waals surface area contributed by atoms with Crippen LogP contribution in [-0.4, -0.2) is 33.8 Å². The van der Waals surface area contributed by atoms with Gasteiger partial charge < -0.3 is 10.5 Å². The minimum Gasteiger partial charge on any atom is -0.444 e. The van der Waals surface area contributed by atoms with Gasteiger partial charge in [-0.05, 0) is 29.6 Å². The summed E-state index contributed by atoms with van der Waals surface area (Å²) in [6.45, 7) is 3.29. The van der Waals surface area contributed by atoms with E-state index in [0.29, 0.717) is 5.56 Å². The van der Waals surface area contributed by atoms with E-state index in [1.807, 2.05) is 44.2 Å². The third kappa shape index (κ3) is 6.23. The van der Waals surface area contributed by atoms with Crippen LogP contribution in [0.4, 0.5) is 14.9 Å². The van der Waals surface area contributed by atoms with E-state index < -0.39 is 35.7 Å². The minimum absolute atomic E-state index is 0.0257. The van der Waals surface area contributed by atoms with E-state index in [9.17, 15) is 18.8 Å². The van der Waals surface area contributed by atoms with Crippen molar-refractivity contribution in [3.8, 4) is 0 Å². The Morgan fingerprint density at radius 3 is 2.21 bits per heavy atom. The first-order chi connectivity index (χ1) is 16.3. The summed E-state index contributed by atoms with van der Waals surface area (Å²) in [7, 11) is 0. The van der Waals surface area contributed by atoms with Gasteiger partial charge in [0.2, 0.25) is 0 Å². The molecule has 0 bridgehead atoms. The van der Waals surface area contributed by atoms with Gasteiger partial charge in [0.1, 0.15) is 12.4 Å². The molecule has 0 spiro atoms. The average Bonchev–Trinajstić information content (AvgIpc) is 2.84. The summed E-state index contributed by atoms with van der Waals surface area (Å²) in [5.74, 6) is -1.95. The van der Waals surface area contributed by atoms with E-state index in [1.54, 1.807) is 30.3 Å². The summed E-state index contributed by atoms with van der Waals surface area (Å²) < 4.78 is 20.8. The lowest BCUT2D eigenvalue weighted by Crippen LogP contribution is -2.33. The molecular formula is C26H25FN2O4S. The lowest BCUT2D eigenvalue weighted by atomic mass is 9.94. The quantitative estimate of drug-likeness (QED) is 0.247. The molecule has 0 heterocycles. The number of ketones is 2. The Bertz CT molecular complexity index is 1170. The number of amides is 1. The number of hydrogen-bond donors (Lipinski definition) is 1. The largest absolute Gasteiger partial charge is 0.444 e. The topological polar surface area (TPSA) is 89.7 Å². The maximum absolute atomic E-state index is 14.3. The van der Waals surface area contributed by atoms with Crippen LogP contribution in [0.5, 0.6) is 0 Å². The number of benzene rings is 3. The maximum Gasteiger partial charge on any atom is 0.420 e. The lowest BCUT2D eigenvalue weighted by molar-refractivity contribution is 0.0917. The maximum atomic E-state index is 14.3. The number of halogens is 1. The molecule has 8 heteroatoms. The van der Waals surface area contributed by atoms with Crippen molar-refractivity contribution in [2.75, 3.05) is 12.3 Å². The molecule has 0 unspecified atom stereocenters. The van der Waals surface area contributed by atoms with E-state index in [0.717, 1.165) is 27.9 Å². The highest BCUT2D eigenvalue weighted by Crippen LogP contribution is 2.26. The van der Waals surface area contributed by atoms with E-state index >= 15 is 0 Å². The van der Waals surface area contributed by atoms with Gasteiger partial charge in [-0.3, -0.25) is 9.59 Å². The van der Waals surface area contributed by atoms with Crippen molar-refractivity contribution in [2.45, 2.75) is 25.7 Å². The van der Waals surface area contributed by atoms with Gasteiger partial charge in [0.25, 0.3) is 0 Å². The third-order valence-corrected chi connectivity index (χ3v) is 5.74. The average molecular weight is 481 g/mol. The number of nitrogens with two attached hydrogens (primary N) is 1. The zero-order valence-corrected chi connectivity index (χ0v) is 19.7. The first-order valence-electron chi connectivity index (χ1n) is 10.6. The number of Topliss-reactive ketones (excluding diaryl/α,β-unsaturated/α-hetero) is 1. The first kappa shape index (κ1) is 25.0. The molecule has 0 radical (unpaired) electrons. The molecule has 0 atom stereocenters. The molecular weight excluding hydrogens is 455 g/mol. The van der Waals surface area contributed by atoms with Crippen molar-refractivity contribution in [2.24, 2.45) is 0 Å². The zero-order valence-electron chi connectivity index (χ0n) is 18.9. The van der Waals surface area contributed by atoms with Gasteiger partial charge in [0.05, 0.1) is 17.8 Å². The molecule has 3 aromatic rings. The second-order valence-corrected chi connectivity index (χ2v) is 9.33. The fraction of sp³-hybridized carbons (Fsp3) is 0.192. The Morgan fingerprint density at radius 1 is 0.971 bits per heavy atom. The van der Waals surface area contributed by atoms with E-state index in [4.69, 9.17) is 10.5 Å². The van der Waals surface area contributed by atoms with Crippen LogP contribution >= 0.6 is 11.9 Å². The lowest BCUT2D eigenvalue weighted by Gasteiger charge is -2.23. The molecule has 3 rings (SSSR count). The monoisotopic (exact) mass is 480 g/mol. The summed E-state index contributed by atoms with van der Waals surface area (Å²) in [6, 6.07) is 19.7. The highest BCUT2D eigenvalue weighted by atomic mass is 32.2. The molecule has 0 aliphatic rings. The Labute approximate surface area is 202 Å². The molecule has 0 saturated heterocycles. The van der Waals surface area contributed by atoms with Crippen molar-refractivity contribution in [3.63, 3.8) is 0 Å². The van der Waals surface area contributed by atoms with Crippen LogP contribution in [0.25, 0.3) is 0 Å². The van der Waals surface area contributed by atoms with Gasteiger partial charge in [-0.25, -0.2) is 13.5 Å². The second-order valence-electron chi connectivity index (χ2n) is 7.73. The Hall–Kier alpha value is -3.65. The van der Waals surface area contributed by atoms with Crippen molar-refractivity contribution < 1.29 is 23.5 Å². The summed E-state index contributed by atoms with van der Waals surface area (Å²) in [4.78, 5) is 39.1. The summed E-state index contributed by atoms with van der Waals surface area (Å²) >= 11 is 1.10. The first-order valence-corrected chi connectivity index (χ1v) is 11.5. The molecule has 0 saturated carbocycles. The molecule has 6 nitrogen and oxygen atoms in total. The fourth-order valence-corrected chi connectivity index (χ4v) is 4.07.